The monoisotopic (exact) mass is 332 g/mol. The number of carbonyl (C=O) groups excluding carboxylic acids is 1. The van der Waals surface area contributed by atoms with E-state index in [1.165, 1.54) is 16.6 Å². The van der Waals surface area contributed by atoms with Gasteiger partial charge in [-0.15, -0.1) is 0 Å². The van der Waals surface area contributed by atoms with Gasteiger partial charge < -0.3 is 16.0 Å². The van der Waals surface area contributed by atoms with E-state index in [0.29, 0.717) is 19.6 Å². The van der Waals surface area contributed by atoms with Crippen molar-refractivity contribution in [2.45, 2.75) is 17.9 Å². The van der Waals surface area contributed by atoms with Crippen LogP contribution in [-0.4, -0.2) is 60.8 Å². The van der Waals surface area contributed by atoms with Gasteiger partial charge >= 0.3 is 0 Å². The number of hydrogen-bond acceptors (Lipinski definition) is 5. The van der Waals surface area contributed by atoms with Gasteiger partial charge in [-0.25, -0.2) is 8.42 Å². The minimum absolute atomic E-state index is 0.125. The molecule has 1 fully saturated rings. The van der Waals surface area contributed by atoms with Crippen molar-refractivity contribution in [1.29, 1.82) is 0 Å². The Kier molecular flexibility index (Phi) is 5.31. The highest BCUT2D eigenvalue weighted by Gasteiger charge is 2.27. The molecule has 2 rings (SSSR count). The third-order valence-corrected chi connectivity index (χ3v) is 6.06. The Hall–Kier alpha value is -1.03. The molecule has 1 aromatic heterocycles. The van der Waals surface area contributed by atoms with E-state index >= 15 is 0 Å². The molecule has 0 saturated carbocycles. The zero-order valence-corrected chi connectivity index (χ0v) is 13.5. The lowest BCUT2D eigenvalue weighted by Crippen LogP contribution is -2.38. The second kappa shape index (κ2) is 6.82. The average Bonchev–Trinajstić information content (AvgIpc) is 2.98. The Labute approximate surface area is 128 Å². The van der Waals surface area contributed by atoms with Gasteiger partial charge in [-0.05, 0) is 13.0 Å². The van der Waals surface area contributed by atoms with Crippen LogP contribution in [0, 0.1) is 0 Å². The maximum Gasteiger partial charge on any atom is 0.267 e. The molecule has 21 heavy (non-hydrogen) atoms. The maximum atomic E-state index is 12.4. The number of rotatable bonds is 5. The number of aromatic nitrogens is 1. The first-order chi connectivity index (χ1) is 9.95. The summed E-state index contributed by atoms with van der Waals surface area (Å²) in [5.74, 6) is 1.24. The molecule has 0 unspecified atom stereocenters. The first-order valence-electron chi connectivity index (χ1n) is 6.72. The second-order valence-corrected chi connectivity index (χ2v) is 8.04. The molecule has 0 spiro atoms. The van der Waals surface area contributed by atoms with Crippen LogP contribution in [0.1, 0.15) is 17.4 Å². The number of nitrogens with zero attached hydrogens (tertiary/aromatic N) is 1. The van der Waals surface area contributed by atoms with Crippen LogP contribution in [0.5, 0.6) is 0 Å². The summed E-state index contributed by atoms with van der Waals surface area (Å²) >= 11 is 1.74. The lowest BCUT2D eigenvalue weighted by atomic mass is 10.3. The van der Waals surface area contributed by atoms with Crippen molar-refractivity contribution in [2.24, 2.45) is 5.73 Å². The van der Waals surface area contributed by atoms with Crippen LogP contribution in [0.2, 0.25) is 0 Å². The van der Waals surface area contributed by atoms with E-state index in [0.717, 1.165) is 11.5 Å². The quantitative estimate of drug-likeness (QED) is 0.694. The molecule has 0 aliphatic carbocycles. The molecule has 1 aromatic rings. The average molecular weight is 332 g/mol. The van der Waals surface area contributed by atoms with Crippen LogP contribution in [0.25, 0.3) is 0 Å². The summed E-state index contributed by atoms with van der Waals surface area (Å²) in [5, 5.41) is 2.68. The molecule has 118 valence electrons. The molecule has 7 nitrogen and oxygen atoms in total. The minimum Gasteiger partial charge on any atom is -0.356 e. The van der Waals surface area contributed by atoms with Gasteiger partial charge in [-0.1, -0.05) is 0 Å². The topological polar surface area (TPSA) is 108 Å². The normalized spacial score (nSPS) is 18.4. The number of thioether (sulfide) groups is 1. The van der Waals surface area contributed by atoms with Crippen molar-refractivity contribution in [1.82, 2.24) is 14.6 Å². The van der Waals surface area contributed by atoms with E-state index in [2.05, 4.69) is 10.3 Å². The summed E-state index contributed by atoms with van der Waals surface area (Å²) < 4.78 is 26.3. The highest BCUT2D eigenvalue weighted by molar-refractivity contribution is 7.99. The van der Waals surface area contributed by atoms with Crippen molar-refractivity contribution in [2.75, 3.05) is 31.1 Å². The van der Waals surface area contributed by atoms with Gasteiger partial charge in [0.2, 0.25) is 10.0 Å². The third-order valence-electron chi connectivity index (χ3n) is 3.24. The summed E-state index contributed by atoms with van der Waals surface area (Å²) in [6.07, 6.45) is 1.36. The predicted molar refractivity (Wildman–Crippen MR) is 82.9 cm³/mol. The number of carbonyl (C=O) groups is 1. The fourth-order valence-corrected chi connectivity index (χ4v) is 4.52. The number of nitrogens with one attached hydrogen (secondary N) is 2. The Balaban J connectivity index is 2.13. The molecular weight excluding hydrogens is 312 g/mol. The first kappa shape index (κ1) is 16.3. The highest BCUT2D eigenvalue weighted by Crippen LogP contribution is 2.20. The van der Waals surface area contributed by atoms with Crippen LogP contribution < -0.4 is 11.1 Å². The van der Waals surface area contributed by atoms with Gasteiger partial charge in [0, 0.05) is 43.4 Å². The van der Waals surface area contributed by atoms with Crippen LogP contribution in [-0.2, 0) is 10.0 Å². The molecule has 1 amide bonds. The van der Waals surface area contributed by atoms with Crippen molar-refractivity contribution >= 4 is 27.7 Å². The molecular formula is C12H20N4O3S2. The van der Waals surface area contributed by atoms with E-state index in [1.807, 2.05) is 0 Å². The van der Waals surface area contributed by atoms with Gasteiger partial charge in [-0.3, -0.25) is 4.79 Å². The third kappa shape index (κ3) is 3.79. The van der Waals surface area contributed by atoms with Crippen molar-refractivity contribution in [3.8, 4) is 0 Å². The van der Waals surface area contributed by atoms with Crippen LogP contribution >= 0.6 is 11.8 Å². The number of aromatic amines is 1. The second-order valence-electron chi connectivity index (χ2n) is 4.88. The minimum atomic E-state index is -3.52. The molecule has 1 aliphatic heterocycles. The Morgan fingerprint density at radius 1 is 1.52 bits per heavy atom. The van der Waals surface area contributed by atoms with Crippen LogP contribution in [0.15, 0.2) is 17.2 Å². The van der Waals surface area contributed by atoms with E-state index in [9.17, 15) is 13.2 Å². The van der Waals surface area contributed by atoms with E-state index in [4.69, 9.17) is 5.73 Å². The molecule has 2 heterocycles. The summed E-state index contributed by atoms with van der Waals surface area (Å²) in [7, 11) is -3.52. The number of amides is 1. The highest BCUT2D eigenvalue weighted by atomic mass is 32.2. The van der Waals surface area contributed by atoms with E-state index in [1.54, 1.807) is 18.7 Å². The molecule has 4 N–H and O–H groups in total. The fraction of sp³-hybridized carbons (Fsp3) is 0.583. The van der Waals surface area contributed by atoms with Gasteiger partial charge in [-0.2, -0.15) is 16.1 Å². The molecule has 9 heteroatoms. The van der Waals surface area contributed by atoms with Crippen LogP contribution in [0.3, 0.4) is 0 Å². The molecule has 0 radical (unpaired) electrons. The molecule has 0 aromatic carbocycles. The fourth-order valence-electron chi connectivity index (χ4n) is 1.95. The molecule has 1 atom stereocenters. The lowest BCUT2D eigenvalue weighted by molar-refractivity contribution is 0.0937. The van der Waals surface area contributed by atoms with Crippen LogP contribution in [0.4, 0.5) is 0 Å². The maximum absolute atomic E-state index is 12.4. The zero-order valence-electron chi connectivity index (χ0n) is 11.8. The smallest absolute Gasteiger partial charge is 0.267 e. The molecule has 0 bridgehead atoms. The Morgan fingerprint density at radius 3 is 2.81 bits per heavy atom. The lowest BCUT2D eigenvalue weighted by Gasteiger charge is -2.24. The van der Waals surface area contributed by atoms with Crippen molar-refractivity contribution in [3.63, 3.8) is 0 Å². The van der Waals surface area contributed by atoms with Gasteiger partial charge in [0.05, 0.1) is 0 Å². The number of H-pyrrole nitrogens is 1. The number of sulfonamides is 1. The Morgan fingerprint density at radius 2 is 2.19 bits per heavy atom. The molecule has 1 aliphatic rings. The Bertz CT molecular complexity index is 593. The first-order valence-corrected chi connectivity index (χ1v) is 9.32. The number of hydrogen-bond donors (Lipinski definition) is 3. The van der Waals surface area contributed by atoms with Gasteiger partial charge in [0.15, 0.2) is 0 Å². The van der Waals surface area contributed by atoms with E-state index in [-0.39, 0.29) is 22.5 Å². The van der Waals surface area contributed by atoms with Gasteiger partial charge in [0.25, 0.3) is 5.91 Å². The zero-order chi connectivity index (χ0) is 15.5. The summed E-state index contributed by atoms with van der Waals surface area (Å²) in [6.45, 7) is 3.11. The van der Waals surface area contributed by atoms with Gasteiger partial charge in [0.1, 0.15) is 10.6 Å². The summed E-state index contributed by atoms with van der Waals surface area (Å²) in [4.78, 5) is 14.8. The summed E-state index contributed by atoms with van der Waals surface area (Å²) in [6, 6.07) is 1.20. The predicted octanol–water partition coefficient (Wildman–Crippen LogP) is -0.171. The van der Waals surface area contributed by atoms with Crippen molar-refractivity contribution < 1.29 is 13.2 Å². The van der Waals surface area contributed by atoms with Crippen molar-refractivity contribution in [3.05, 3.63) is 18.0 Å². The standard InChI is InChI=1S/C12H20N4O3S2/c1-9(7-13)15-12(17)11-6-10(8-14-11)21(18,19)16-2-4-20-5-3-16/h6,8-9,14H,2-5,7,13H2,1H3,(H,15,17)/t9-/m0/s1. The summed E-state index contributed by atoms with van der Waals surface area (Å²) in [5.41, 5.74) is 5.66. The number of nitrogens with two attached hydrogens (primary N) is 1. The van der Waals surface area contributed by atoms with E-state index < -0.39 is 10.0 Å². The SMILES string of the molecule is C[C@@H](CN)NC(=O)c1cc(S(=O)(=O)N2CCSCC2)c[nH]1. The largest absolute Gasteiger partial charge is 0.356 e. The molecule has 1 saturated heterocycles.